The molecule has 7 nitrogen and oxygen atoms in total. The van der Waals surface area contributed by atoms with Crippen LogP contribution in [0.3, 0.4) is 0 Å². The molecule has 0 aliphatic rings. The van der Waals surface area contributed by atoms with Gasteiger partial charge in [0.05, 0.1) is 40.6 Å². The monoisotopic (exact) mass is 278 g/mol. The molecule has 0 aromatic carbocycles. The molecule has 0 aromatic heterocycles. The summed E-state index contributed by atoms with van der Waals surface area (Å²) in [6, 6.07) is 0. The molecular formula is C12H22O7. The Hall–Kier alpha value is -1.18. The highest BCUT2D eigenvalue weighted by atomic mass is 16.5. The van der Waals surface area contributed by atoms with Crippen molar-refractivity contribution in [2.75, 3.05) is 54.4 Å². The molecule has 7 heteroatoms. The molecule has 0 saturated carbocycles. The Morgan fingerprint density at radius 2 is 1.26 bits per heavy atom. The highest BCUT2D eigenvalue weighted by molar-refractivity contribution is 5.94. The number of rotatable bonds is 11. The van der Waals surface area contributed by atoms with Crippen molar-refractivity contribution in [1.82, 2.24) is 0 Å². The molecule has 112 valence electrons. The van der Waals surface area contributed by atoms with E-state index in [4.69, 9.17) is 14.2 Å². The molecule has 0 bridgehead atoms. The lowest BCUT2D eigenvalue weighted by atomic mass is 10.1. The van der Waals surface area contributed by atoms with Crippen LogP contribution >= 0.6 is 0 Å². The van der Waals surface area contributed by atoms with E-state index < -0.39 is 17.9 Å². The zero-order valence-electron chi connectivity index (χ0n) is 11.7. The highest BCUT2D eigenvalue weighted by Gasteiger charge is 2.28. The van der Waals surface area contributed by atoms with E-state index in [-0.39, 0.29) is 13.0 Å². The third-order valence-corrected chi connectivity index (χ3v) is 2.33. The van der Waals surface area contributed by atoms with Gasteiger partial charge in [0.15, 0.2) is 5.92 Å². The standard InChI is InChI=1S/C12H22O7/c1-15-6-7-19-9-8-18-5-4-10(11(13)16-2)12(14)17-3/h10H,4-9H2,1-3H3. The van der Waals surface area contributed by atoms with Crippen LogP contribution in [-0.4, -0.2) is 66.3 Å². The van der Waals surface area contributed by atoms with Crippen molar-refractivity contribution in [2.24, 2.45) is 5.92 Å². The molecule has 0 aliphatic heterocycles. The van der Waals surface area contributed by atoms with E-state index in [0.29, 0.717) is 26.4 Å². The summed E-state index contributed by atoms with van der Waals surface area (Å²) in [5, 5.41) is 0. The molecule has 0 heterocycles. The molecule has 0 aromatic rings. The van der Waals surface area contributed by atoms with Gasteiger partial charge in [-0.15, -0.1) is 0 Å². The number of methoxy groups -OCH3 is 3. The van der Waals surface area contributed by atoms with E-state index in [1.807, 2.05) is 0 Å². The molecular weight excluding hydrogens is 256 g/mol. The smallest absolute Gasteiger partial charge is 0.320 e. The van der Waals surface area contributed by atoms with Crippen LogP contribution in [0.4, 0.5) is 0 Å². The number of hydrogen-bond acceptors (Lipinski definition) is 7. The lowest BCUT2D eigenvalue weighted by molar-refractivity contribution is -0.159. The second-order valence-electron chi connectivity index (χ2n) is 3.61. The van der Waals surface area contributed by atoms with E-state index in [1.165, 1.54) is 14.2 Å². The summed E-state index contributed by atoms with van der Waals surface area (Å²) in [6.07, 6.45) is 0.220. The van der Waals surface area contributed by atoms with Gasteiger partial charge in [0, 0.05) is 13.7 Å². The van der Waals surface area contributed by atoms with E-state index >= 15 is 0 Å². The van der Waals surface area contributed by atoms with Crippen molar-refractivity contribution in [2.45, 2.75) is 6.42 Å². The molecule has 0 fully saturated rings. The molecule has 0 rings (SSSR count). The second-order valence-corrected chi connectivity index (χ2v) is 3.61. The summed E-state index contributed by atoms with van der Waals surface area (Å²) >= 11 is 0. The molecule has 19 heavy (non-hydrogen) atoms. The van der Waals surface area contributed by atoms with Gasteiger partial charge in [-0.3, -0.25) is 9.59 Å². The van der Waals surface area contributed by atoms with Gasteiger partial charge < -0.3 is 23.7 Å². The fourth-order valence-corrected chi connectivity index (χ4v) is 1.28. The number of carbonyl (C=O) groups excluding carboxylic acids is 2. The van der Waals surface area contributed by atoms with Gasteiger partial charge in [-0.1, -0.05) is 0 Å². The van der Waals surface area contributed by atoms with Gasteiger partial charge in [-0.25, -0.2) is 0 Å². The molecule has 0 unspecified atom stereocenters. The minimum atomic E-state index is -0.940. The summed E-state index contributed by atoms with van der Waals surface area (Å²) < 4.78 is 24.3. The lowest BCUT2D eigenvalue weighted by Crippen LogP contribution is -2.28. The van der Waals surface area contributed by atoms with Crippen molar-refractivity contribution in [3.8, 4) is 0 Å². The Balaban J connectivity index is 3.70. The maximum atomic E-state index is 11.3. The summed E-state index contributed by atoms with van der Waals surface area (Å²) in [5.74, 6) is -2.18. The first-order chi connectivity index (χ1) is 9.17. The van der Waals surface area contributed by atoms with Crippen LogP contribution in [0.15, 0.2) is 0 Å². The fraction of sp³-hybridized carbons (Fsp3) is 0.833. The fourth-order valence-electron chi connectivity index (χ4n) is 1.28. The zero-order valence-corrected chi connectivity index (χ0v) is 11.7. The average molecular weight is 278 g/mol. The Bertz CT molecular complexity index is 238. The predicted octanol–water partition coefficient (Wildman–Crippen LogP) is 0.0183. The van der Waals surface area contributed by atoms with Crippen LogP contribution < -0.4 is 0 Å². The van der Waals surface area contributed by atoms with Crippen LogP contribution in [0.2, 0.25) is 0 Å². The third-order valence-electron chi connectivity index (χ3n) is 2.33. The highest BCUT2D eigenvalue weighted by Crippen LogP contribution is 2.08. The van der Waals surface area contributed by atoms with Gasteiger partial charge in [-0.2, -0.15) is 0 Å². The molecule has 0 spiro atoms. The largest absolute Gasteiger partial charge is 0.468 e. The Morgan fingerprint density at radius 1 is 0.789 bits per heavy atom. The summed E-state index contributed by atoms with van der Waals surface area (Å²) in [4.78, 5) is 22.7. The molecule has 0 saturated heterocycles. The molecule has 0 radical (unpaired) electrons. The Morgan fingerprint density at radius 3 is 1.74 bits per heavy atom. The SMILES string of the molecule is COCCOCCOCCC(C(=O)OC)C(=O)OC. The average Bonchev–Trinajstić information content (AvgIpc) is 2.44. The first-order valence-electron chi connectivity index (χ1n) is 5.97. The van der Waals surface area contributed by atoms with E-state index in [2.05, 4.69) is 9.47 Å². The van der Waals surface area contributed by atoms with Crippen molar-refractivity contribution in [3.63, 3.8) is 0 Å². The minimum absolute atomic E-state index is 0.220. The number of hydrogen-bond donors (Lipinski definition) is 0. The summed E-state index contributed by atoms with van der Waals surface area (Å²) in [7, 11) is 4.05. The second kappa shape index (κ2) is 11.9. The minimum Gasteiger partial charge on any atom is -0.468 e. The van der Waals surface area contributed by atoms with Gasteiger partial charge in [0.2, 0.25) is 0 Å². The summed E-state index contributed by atoms with van der Waals surface area (Å²) in [5.41, 5.74) is 0. The van der Waals surface area contributed by atoms with Crippen molar-refractivity contribution in [3.05, 3.63) is 0 Å². The zero-order chi connectivity index (χ0) is 14.5. The Kier molecular flexibility index (Phi) is 11.1. The number of ether oxygens (including phenoxy) is 5. The van der Waals surface area contributed by atoms with Gasteiger partial charge in [0.25, 0.3) is 0 Å². The van der Waals surface area contributed by atoms with Gasteiger partial charge >= 0.3 is 11.9 Å². The molecule has 0 aliphatic carbocycles. The maximum absolute atomic E-state index is 11.3. The van der Waals surface area contributed by atoms with E-state index in [9.17, 15) is 9.59 Å². The van der Waals surface area contributed by atoms with Crippen LogP contribution in [-0.2, 0) is 33.3 Å². The van der Waals surface area contributed by atoms with Crippen molar-refractivity contribution < 1.29 is 33.3 Å². The predicted molar refractivity (Wildman–Crippen MR) is 65.7 cm³/mol. The molecule has 0 amide bonds. The van der Waals surface area contributed by atoms with Gasteiger partial charge in [0.1, 0.15) is 0 Å². The van der Waals surface area contributed by atoms with Gasteiger partial charge in [-0.05, 0) is 6.42 Å². The third kappa shape index (κ3) is 8.52. The molecule has 0 atom stereocenters. The van der Waals surface area contributed by atoms with Crippen LogP contribution in [0, 0.1) is 5.92 Å². The molecule has 0 N–H and O–H groups in total. The van der Waals surface area contributed by atoms with Crippen molar-refractivity contribution >= 4 is 11.9 Å². The lowest BCUT2D eigenvalue weighted by Gasteiger charge is -2.12. The van der Waals surface area contributed by atoms with E-state index in [0.717, 1.165) is 0 Å². The first-order valence-corrected chi connectivity index (χ1v) is 5.97. The Labute approximate surface area is 113 Å². The maximum Gasteiger partial charge on any atom is 0.320 e. The topological polar surface area (TPSA) is 80.3 Å². The van der Waals surface area contributed by atoms with Crippen LogP contribution in [0.5, 0.6) is 0 Å². The van der Waals surface area contributed by atoms with Crippen LogP contribution in [0.25, 0.3) is 0 Å². The normalized spacial score (nSPS) is 10.5. The first kappa shape index (κ1) is 17.8. The van der Waals surface area contributed by atoms with Crippen LogP contribution in [0.1, 0.15) is 6.42 Å². The van der Waals surface area contributed by atoms with Crippen molar-refractivity contribution in [1.29, 1.82) is 0 Å². The summed E-state index contributed by atoms with van der Waals surface area (Å²) in [6.45, 7) is 2.12. The number of carbonyl (C=O) groups is 2. The quantitative estimate of drug-likeness (QED) is 0.299. The van der Waals surface area contributed by atoms with E-state index in [1.54, 1.807) is 7.11 Å². The number of esters is 2.